The number of morpholine rings is 1. The summed E-state index contributed by atoms with van der Waals surface area (Å²) in [6.07, 6.45) is 63.9. The molecule has 6 saturated carbocycles. The van der Waals surface area contributed by atoms with Crippen LogP contribution in [-0.2, 0) is 27.8 Å². The zero-order valence-electron chi connectivity index (χ0n) is 87.5. The highest BCUT2D eigenvalue weighted by molar-refractivity contribution is 8.20. The van der Waals surface area contributed by atoms with E-state index in [-0.39, 0.29) is 48.7 Å². The molecular weight excluding hydrogens is 1970 g/mol. The molecule has 0 bridgehead atoms. The first kappa shape index (κ1) is 115. The van der Waals surface area contributed by atoms with Gasteiger partial charge in [0, 0.05) is 68.3 Å². The first-order valence-corrected chi connectivity index (χ1v) is 72.0. The van der Waals surface area contributed by atoms with Gasteiger partial charge < -0.3 is 63.7 Å². The summed E-state index contributed by atoms with van der Waals surface area (Å²) >= 11 is 21.3. The van der Waals surface area contributed by atoms with Crippen LogP contribution in [0.15, 0.2) is 86.0 Å². The Hall–Kier alpha value is -2.94. The number of aliphatic hydroxyl groups is 2. The van der Waals surface area contributed by atoms with Gasteiger partial charge in [0.2, 0.25) is 7.65 Å². The summed E-state index contributed by atoms with van der Waals surface area (Å²) in [7, 11) is -4.12. The zero-order valence-corrected chi connectivity index (χ0v) is 96.2. The molecule has 2 amide bonds. The number of rotatable bonds is 26. The number of halogens is 4. The lowest BCUT2D eigenvalue weighted by Gasteiger charge is -2.47. The largest absolute Gasteiger partial charge is 0.392 e. The molecule has 0 radical (unpaired) electrons. The molecule has 5 N–H and O–H groups in total. The quantitative estimate of drug-likeness (QED) is 0.0249. The molecular formula is C107H176Cl4N15O10P3Si3. The third-order valence-corrected chi connectivity index (χ3v) is 58.1. The fourth-order valence-corrected chi connectivity index (χ4v) is 49.6. The summed E-state index contributed by atoms with van der Waals surface area (Å²) in [6, 6.07) is 23.5. The van der Waals surface area contributed by atoms with Crippen LogP contribution in [0.4, 0.5) is 11.6 Å². The number of aliphatic hydroxyl groups excluding tert-OH is 2. The maximum Gasteiger partial charge on any atom is 0.259 e. The van der Waals surface area contributed by atoms with Gasteiger partial charge in [0.05, 0.1) is 92.8 Å². The summed E-state index contributed by atoms with van der Waals surface area (Å²) < 4.78 is 47.3. The van der Waals surface area contributed by atoms with E-state index < -0.39 is 52.5 Å². The minimum atomic E-state index is -1.56. The van der Waals surface area contributed by atoms with Crippen LogP contribution in [0.25, 0.3) is 22.3 Å². The fourth-order valence-electron chi connectivity index (χ4n) is 27.1. The molecule has 6 aromatic rings. The van der Waals surface area contributed by atoms with Gasteiger partial charge in [0.1, 0.15) is 25.1 Å². The van der Waals surface area contributed by atoms with Crippen molar-refractivity contribution >= 4 is 137 Å². The van der Waals surface area contributed by atoms with Gasteiger partial charge in [-0.15, -0.1) is 0 Å². The van der Waals surface area contributed by atoms with Crippen molar-refractivity contribution in [3.63, 3.8) is 0 Å². The number of carbonyl (C=O) groups is 2. The second kappa shape index (κ2) is 58.2. The molecule has 8 saturated heterocycles. The van der Waals surface area contributed by atoms with Crippen LogP contribution >= 0.6 is 67.1 Å². The van der Waals surface area contributed by atoms with Crippen LogP contribution in [-0.4, -0.2) is 238 Å². The second-order valence-electron chi connectivity index (χ2n) is 44.2. The monoisotopic (exact) mass is 2150 g/mol. The smallest absolute Gasteiger partial charge is 0.259 e. The van der Waals surface area contributed by atoms with Gasteiger partial charge in [-0.25, -0.2) is 39.2 Å². The second-order valence-corrected chi connectivity index (χ2v) is 67.8. The number of fused-ring (bicyclic) bond motifs is 4. The Kier molecular flexibility index (Phi) is 47.0. The summed E-state index contributed by atoms with van der Waals surface area (Å²) in [5, 5.41) is 30.4. The number of aromatic nitrogens is 8. The number of imidazole rings is 2. The normalized spacial score (nSPS) is 28.1. The van der Waals surface area contributed by atoms with E-state index in [0.717, 1.165) is 85.5 Å². The Morgan fingerprint density at radius 2 is 0.894 bits per heavy atom. The molecule has 794 valence electrons. The predicted octanol–water partition coefficient (Wildman–Crippen LogP) is 28.4. The molecule has 14 atom stereocenters. The molecule has 12 heterocycles. The van der Waals surface area contributed by atoms with Crippen LogP contribution < -0.4 is 16.0 Å². The summed E-state index contributed by atoms with van der Waals surface area (Å²) in [6.45, 7) is 30.0. The summed E-state index contributed by atoms with van der Waals surface area (Å²) in [5.41, 5.74) is 9.35. The molecule has 8 aliphatic heterocycles. The maximum atomic E-state index is 12.9. The third kappa shape index (κ3) is 31.0. The highest BCUT2D eigenvalue weighted by atomic mass is 36.0. The zero-order chi connectivity index (χ0) is 100.0. The molecule has 14 aliphatic rings. The van der Waals surface area contributed by atoms with Gasteiger partial charge in [0.25, 0.3) is 20.3 Å². The van der Waals surface area contributed by atoms with Crippen molar-refractivity contribution in [1.29, 1.82) is 0 Å². The van der Waals surface area contributed by atoms with E-state index in [1.54, 1.807) is 53.6 Å². The van der Waals surface area contributed by atoms with Gasteiger partial charge in [0.15, 0.2) is 39.9 Å². The number of nitrogens with one attached hydrogen (secondary N) is 3. The van der Waals surface area contributed by atoms with Crippen molar-refractivity contribution in [3.05, 3.63) is 97.1 Å². The average Bonchev–Trinajstić information content (AvgIpc) is 0.839. The standard InChI is InChI=1S/C38H55N6O4PSi.C20H37ClNOPSi.C20H39NOSi.C18H19N5O3.C6H15N.C5H11NO.Cl3P/c1-3-31-32(23-34(46-31)43-26-41-35-36(39-25-40-37(35)43)42-38(45)27-15-7-4-8-16-27)47-49-44-22-14-13-21-30(44)33(48-49)24-50(2,28-17-9-5-10-18-28)29-19-11-6-12-20-29;1-25(17-10-4-2-5-11-17,18-12-6-3-7-13-18)16-20-19-14-8-9-15-22(19)24(21)23-20;1-23(17-10-4-2-5-11-17,18-12-6-3-7-13-18)16-20(22)19-14-8-9-15-21-19;1-2-13-12(24)8-14(26-13)23-10-21-15-16(19-9-20-17(15)23)22-18(25)11-6-4-3-5-7-11;1-4-7(5-2)6-3;1-6-2-4-7-5-3-6;1-4(2)3/h4,7-8,15-16,25-26,28-34H,3,5-6,9-14,17-24H2,1-2H3,(H,39,40,42,45);17-20H,2-16H2,1H3;17-22H,2-16H2,1H3;3-7,9-10,12-14,24H,2,8H2,1H3,(H,19,20,22,25);4-6H2,1-3H3;2-5H2,1H3;/t30-,31+,32?,33+,34+,49?;19-,20+,24?;19-,20+;12?,13-,14-;;;/m0001.../s1. The molecule has 4 unspecified atom stereocenters. The van der Waals surface area contributed by atoms with Crippen molar-refractivity contribution < 1.29 is 47.6 Å². The first-order chi connectivity index (χ1) is 69.0. The molecule has 14 fully saturated rings. The van der Waals surface area contributed by atoms with Crippen molar-refractivity contribution in [3.8, 4) is 0 Å². The molecule has 25 nitrogen and oxygen atoms in total. The molecule has 35 heteroatoms. The maximum absolute atomic E-state index is 12.9. The van der Waals surface area contributed by atoms with E-state index in [1.165, 1.54) is 307 Å². The fraction of sp³-hybridized carbons (Fsp3) is 0.776. The van der Waals surface area contributed by atoms with Gasteiger partial charge >= 0.3 is 0 Å². The molecule has 6 aliphatic carbocycles. The van der Waals surface area contributed by atoms with E-state index in [9.17, 15) is 19.8 Å². The van der Waals surface area contributed by atoms with Crippen LogP contribution in [0, 0.1) is 0 Å². The molecule has 142 heavy (non-hydrogen) atoms. The lowest BCUT2D eigenvalue weighted by Crippen LogP contribution is -2.51. The van der Waals surface area contributed by atoms with E-state index in [4.69, 9.17) is 72.7 Å². The van der Waals surface area contributed by atoms with Crippen molar-refractivity contribution in [2.45, 2.75) is 455 Å². The minimum Gasteiger partial charge on any atom is -0.392 e. The average molecular weight is 2150 g/mol. The Balaban J connectivity index is 0.000000148. The highest BCUT2D eigenvalue weighted by Gasteiger charge is 2.56. The SMILES string of the molecule is CCN(CC)CC.CC[C@H]1O[C@@H](n2cnc3c(NC(=O)c4ccccc4)ncnc32)CC1O.CC[C@H]1O[C@@H](n2cnc3c(NC(=O)c4ccccc4)ncnc32)CC1OP1O[C@H](C[Si](C)(C2CCCCC2)C2CCCCC2)[C@@H]2CCCCN21.CN1CCOCC1.C[Si](C[C@@H](O)[C@@H]1CCCCN1)(C1CCCCC1)C1CCCCC1.C[Si](C[C@H]1OP(Cl)N2CCCC[C@@H]12)(C1CCCCC1)C1CCCCC1.ClP(Cl)Cl. The van der Waals surface area contributed by atoms with Gasteiger partial charge in [-0.1, -0.05) is 336 Å². The number of carbonyl (C=O) groups excluding carboxylic acids is 2. The number of benzene rings is 2. The minimum absolute atomic E-state index is 0.0472. The molecule has 2 aromatic carbocycles. The topological polar surface area (TPSA) is 266 Å². The van der Waals surface area contributed by atoms with Crippen LogP contribution in [0.5, 0.6) is 0 Å². The number of nitrogens with zero attached hydrogens (tertiary/aromatic N) is 12. The van der Waals surface area contributed by atoms with Crippen LogP contribution in [0.2, 0.25) is 71.0 Å². The van der Waals surface area contributed by atoms with Gasteiger partial charge in [-0.2, -0.15) is 0 Å². The predicted molar refractivity (Wildman–Crippen MR) is 594 cm³/mol. The lowest BCUT2D eigenvalue weighted by atomic mass is 9.99. The number of hydrogen-bond acceptors (Lipinski definition) is 21. The van der Waals surface area contributed by atoms with Crippen molar-refractivity contribution in [2.75, 3.05) is 83.3 Å². The number of likely N-dealkylation sites (N-methyl/N-ethyl adjacent to an activating group) is 1. The third-order valence-electron chi connectivity index (χ3n) is 35.6. The number of amides is 2. The Bertz CT molecular complexity index is 4590. The number of ether oxygens (including phenoxy) is 3. The van der Waals surface area contributed by atoms with E-state index in [2.05, 4.69) is 119 Å². The molecule has 0 spiro atoms. The van der Waals surface area contributed by atoms with Crippen LogP contribution in [0.1, 0.15) is 344 Å². The Morgan fingerprint density at radius 1 is 0.500 bits per heavy atom. The van der Waals surface area contributed by atoms with E-state index in [1.807, 2.05) is 35.8 Å². The molecule has 4 aromatic heterocycles. The van der Waals surface area contributed by atoms with Crippen molar-refractivity contribution in [2.24, 2.45) is 0 Å². The number of piperidine rings is 3. The molecule has 20 rings (SSSR count). The summed E-state index contributed by atoms with van der Waals surface area (Å²) in [4.78, 5) is 56.3. The first-order valence-electron chi connectivity index (χ1n) is 56.1. The number of anilines is 2. The Labute approximate surface area is 877 Å². The van der Waals surface area contributed by atoms with Gasteiger partial charge in [-0.05, 0) is 171 Å². The number of hydrogen-bond donors (Lipinski definition) is 5. The summed E-state index contributed by atoms with van der Waals surface area (Å²) in [5.74, 6) is -0.968. The van der Waals surface area contributed by atoms with E-state index in [0.29, 0.717) is 88.3 Å². The Morgan fingerprint density at radius 3 is 1.29 bits per heavy atom. The van der Waals surface area contributed by atoms with Gasteiger partial charge in [-0.3, -0.25) is 18.7 Å². The van der Waals surface area contributed by atoms with Crippen molar-refractivity contribution in [1.82, 2.24) is 63.5 Å². The lowest BCUT2D eigenvalue weighted by molar-refractivity contribution is -0.0183. The van der Waals surface area contributed by atoms with Crippen LogP contribution in [0.3, 0.4) is 0 Å². The van der Waals surface area contributed by atoms with E-state index >= 15 is 0 Å². The highest BCUT2D eigenvalue weighted by Crippen LogP contribution is 2.64.